The lowest BCUT2D eigenvalue weighted by Gasteiger charge is -2.38. The van der Waals surface area contributed by atoms with Gasteiger partial charge in [-0.1, -0.05) is 30.3 Å². The number of primary amides is 1. The molecule has 0 spiro atoms. The summed E-state index contributed by atoms with van der Waals surface area (Å²) < 4.78 is 5.22. The van der Waals surface area contributed by atoms with Crippen LogP contribution < -0.4 is 16.4 Å². The van der Waals surface area contributed by atoms with Crippen molar-refractivity contribution in [2.45, 2.75) is 49.9 Å². The summed E-state index contributed by atoms with van der Waals surface area (Å²) in [7, 11) is 0. The number of rotatable bonds is 4. The Kier molecular flexibility index (Phi) is 4.02. The molecule has 2 bridgehead atoms. The number of alkyl carbamates (subject to hydrolysis) is 1. The van der Waals surface area contributed by atoms with Gasteiger partial charge in [-0.25, -0.2) is 4.79 Å². The average Bonchev–Trinajstić information content (AvgIpc) is 2.85. The number of piperidine rings is 1. The number of benzene rings is 1. The second-order valence-corrected chi connectivity index (χ2v) is 6.18. The Morgan fingerprint density at radius 1 is 1.23 bits per heavy atom. The maximum atomic E-state index is 12.1. The van der Waals surface area contributed by atoms with Crippen LogP contribution in [-0.2, 0) is 16.1 Å². The van der Waals surface area contributed by atoms with Gasteiger partial charge >= 0.3 is 6.09 Å². The SMILES string of the molecule is NC(=O)C1(NC(=O)OCc2ccccc2)CC2CCC(C1)N2. The zero-order valence-corrected chi connectivity index (χ0v) is 12.4. The molecule has 1 aromatic carbocycles. The minimum atomic E-state index is -0.995. The first-order valence-corrected chi connectivity index (χ1v) is 7.62. The molecule has 3 rings (SSSR count). The molecule has 0 aliphatic carbocycles. The van der Waals surface area contributed by atoms with Gasteiger partial charge in [0, 0.05) is 12.1 Å². The van der Waals surface area contributed by atoms with Crippen LogP contribution in [0.2, 0.25) is 0 Å². The minimum absolute atomic E-state index is 0.173. The fraction of sp³-hybridized carbons (Fsp3) is 0.500. The van der Waals surface area contributed by atoms with E-state index in [0.717, 1.165) is 18.4 Å². The third kappa shape index (κ3) is 3.06. The Labute approximate surface area is 129 Å². The molecule has 2 fully saturated rings. The van der Waals surface area contributed by atoms with Crippen LogP contribution in [0, 0.1) is 0 Å². The fourth-order valence-electron chi connectivity index (χ4n) is 3.47. The van der Waals surface area contributed by atoms with Crippen molar-refractivity contribution in [3.63, 3.8) is 0 Å². The molecule has 4 N–H and O–H groups in total. The predicted octanol–water partition coefficient (Wildman–Crippen LogP) is 1.05. The summed E-state index contributed by atoms with van der Waals surface area (Å²) >= 11 is 0. The van der Waals surface area contributed by atoms with Gasteiger partial charge in [-0.3, -0.25) is 4.79 Å². The van der Waals surface area contributed by atoms with Crippen molar-refractivity contribution >= 4 is 12.0 Å². The Hall–Kier alpha value is -2.08. The zero-order valence-electron chi connectivity index (χ0n) is 12.4. The number of carbonyl (C=O) groups excluding carboxylic acids is 2. The van der Waals surface area contributed by atoms with Gasteiger partial charge in [0.05, 0.1) is 0 Å². The fourth-order valence-corrected chi connectivity index (χ4v) is 3.47. The summed E-state index contributed by atoms with van der Waals surface area (Å²) in [4.78, 5) is 24.0. The molecule has 2 heterocycles. The summed E-state index contributed by atoms with van der Waals surface area (Å²) in [6.07, 6.45) is 2.49. The molecule has 0 aromatic heterocycles. The highest BCUT2D eigenvalue weighted by atomic mass is 16.5. The van der Waals surface area contributed by atoms with E-state index in [1.165, 1.54) is 0 Å². The quantitative estimate of drug-likeness (QED) is 0.775. The standard InChI is InChI=1S/C16H21N3O3/c17-14(20)16(8-12-6-7-13(9-16)18-12)19-15(21)22-10-11-4-2-1-3-5-11/h1-5,12-13,18H,6-10H2,(H2,17,20)(H,19,21). The largest absolute Gasteiger partial charge is 0.445 e. The number of hydrogen-bond donors (Lipinski definition) is 3. The van der Waals surface area contributed by atoms with Crippen LogP contribution >= 0.6 is 0 Å². The van der Waals surface area contributed by atoms with Crippen molar-refractivity contribution in [3.05, 3.63) is 35.9 Å². The minimum Gasteiger partial charge on any atom is -0.445 e. The Balaban J connectivity index is 1.62. The van der Waals surface area contributed by atoms with Crippen LogP contribution in [0.25, 0.3) is 0 Å². The Morgan fingerprint density at radius 3 is 2.45 bits per heavy atom. The smallest absolute Gasteiger partial charge is 0.408 e. The second kappa shape index (κ2) is 5.96. The summed E-state index contributed by atoms with van der Waals surface area (Å²) in [6.45, 7) is 0.173. The number of fused-ring (bicyclic) bond motifs is 2. The molecule has 2 amide bonds. The van der Waals surface area contributed by atoms with Crippen LogP contribution in [0.15, 0.2) is 30.3 Å². The first-order valence-electron chi connectivity index (χ1n) is 7.62. The van der Waals surface area contributed by atoms with Crippen LogP contribution in [0.3, 0.4) is 0 Å². The number of hydrogen-bond acceptors (Lipinski definition) is 4. The molecule has 6 nitrogen and oxygen atoms in total. The molecule has 2 atom stereocenters. The molecular formula is C16H21N3O3. The van der Waals surface area contributed by atoms with Crippen LogP contribution in [0.1, 0.15) is 31.2 Å². The molecule has 1 aromatic rings. The first kappa shape index (κ1) is 14.8. The van der Waals surface area contributed by atoms with E-state index < -0.39 is 17.5 Å². The third-order valence-electron chi connectivity index (χ3n) is 4.55. The lowest BCUT2D eigenvalue weighted by Crippen LogP contribution is -2.64. The lowest BCUT2D eigenvalue weighted by molar-refractivity contribution is -0.125. The van der Waals surface area contributed by atoms with E-state index in [9.17, 15) is 9.59 Å². The van der Waals surface area contributed by atoms with E-state index in [1.54, 1.807) is 0 Å². The van der Waals surface area contributed by atoms with Gasteiger partial charge in [-0.2, -0.15) is 0 Å². The number of nitrogens with two attached hydrogens (primary N) is 1. The molecule has 2 aliphatic heterocycles. The number of amides is 2. The zero-order chi connectivity index (χ0) is 15.6. The van der Waals surface area contributed by atoms with Gasteiger partial charge in [0.25, 0.3) is 0 Å². The highest BCUT2D eigenvalue weighted by molar-refractivity contribution is 5.89. The molecule has 6 heteroatoms. The maximum absolute atomic E-state index is 12.1. The van der Waals surface area contributed by atoms with Crippen molar-refractivity contribution in [3.8, 4) is 0 Å². The van der Waals surface area contributed by atoms with E-state index in [0.29, 0.717) is 12.8 Å². The van der Waals surface area contributed by atoms with Crippen LogP contribution in [0.5, 0.6) is 0 Å². The van der Waals surface area contributed by atoms with E-state index in [4.69, 9.17) is 10.5 Å². The molecule has 0 saturated carbocycles. The number of ether oxygens (including phenoxy) is 1. The predicted molar refractivity (Wildman–Crippen MR) is 80.9 cm³/mol. The summed E-state index contributed by atoms with van der Waals surface area (Å²) in [5, 5.41) is 6.16. The van der Waals surface area contributed by atoms with Crippen molar-refractivity contribution < 1.29 is 14.3 Å². The number of nitrogens with one attached hydrogen (secondary N) is 2. The first-order chi connectivity index (χ1) is 10.6. The molecule has 118 valence electrons. The Morgan fingerprint density at radius 2 is 1.86 bits per heavy atom. The molecule has 22 heavy (non-hydrogen) atoms. The van der Waals surface area contributed by atoms with E-state index in [1.807, 2.05) is 30.3 Å². The van der Waals surface area contributed by atoms with Crippen LogP contribution in [0.4, 0.5) is 4.79 Å². The van der Waals surface area contributed by atoms with Gasteiger partial charge in [0.2, 0.25) is 5.91 Å². The van der Waals surface area contributed by atoms with Crippen molar-refractivity contribution in [1.82, 2.24) is 10.6 Å². The maximum Gasteiger partial charge on any atom is 0.408 e. The van der Waals surface area contributed by atoms with Crippen molar-refractivity contribution in [2.24, 2.45) is 5.73 Å². The third-order valence-corrected chi connectivity index (χ3v) is 4.55. The molecule has 0 radical (unpaired) electrons. The highest BCUT2D eigenvalue weighted by Gasteiger charge is 2.48. The normalized spacial score (nSPS) is 29.8. The summed E-state index contributed by atoms with van der Waals surface area (Å²) in [5.41, 5.74) is 5.48. The van der Waals surface area contributed by atoms with Gasteiger partial charge in [0.1, 0.15) is 12.1 Å². The summed E-state index contributed by atoms with van der Waals surface area (Å²) in [6, 6.07) is 9.89. The van der Waals surface area contributed by atoms with Crippen LogP contribution in [-0.4, -0.2) is 29.6 Å². The molecule has 2 aliphatic rings. The second-order valence-electron chi connectivity index (χ2n) is 6.18. The molecule has 2 unspecified atom stereocenters. The highest BCUT2D eigenvalue weighted by Crippen LogP contribution is 2.34. The molecular weight excluding hydrogens is 282 g/mol. The van der Waals surface area contributed by atoms with Crippen molar-refractivity contribution in [2.75, 3.05) is 0 Å². The monoisotopic (exact) mass is 303 g/mol. The van der Waals surface area contributed by atoms with E-state index >= 15 is 0 Å². The average molecular weight is 303 g/mol. The van der Waals surface area contributed by atoms with E-state index in [-0.39, 0.29) is 18.7 Å². The van der Waals surface area contributed by atoms with Gasteiger partial charge in [0.15, 0.2) is 0 Å². The van der Waals surface area contributed by atoms with E-state index in [2.05, 4.69) is 10.6 Å². The number of carbonyl (C=O) groups is 2. The topological polar surface area (TPSA) is 93.5 Å². The van der Waals surface area contributed by atoms with Crippen molar-refractivity contribution in [1.29, 1.82) is 0 Å². The van der Waals surface area contributed by atoms with Gasteiger partial charge in [-0.05, 0) is 31.2 Å². The lowest BCUT2D eigenvalue weighted by atomic mass is 9.83. The molecule has 2 saturated heterocycles. The van der Waals surface area contributed by atoms with Gasteiger partial charge in [-0.15, -0.1) is 0 Å². The van der Waals surface area contributed by atoms with Gasteiger partial charge < -0.3 is 21.1 Å². The summed E-state index contributed by atoms with van der Waals surface area (Å²) in [5.74, 6) is -0.484. The Bertz CT molecular complexity index is 549.